The average Bonchev–Trinajstić information content (AvgIpc) is 3.18. The molecule has 0 saturated heterocycles. The number of carbonyl (C=O) groups excluding carboxylic acids is 2. The molecule has 1 saturated carbocycles. The molecule has 0 aromatic heterocycles. The van der Waals surface area contributed by atoms with Crippen molar-refractivity contribution in [1.82, 2.24) is 5.32 Å². The summed E-state index contributed by atoms with van der Waals surface area (Å²) in [4.78, 5) is 25.0. The Morgan fingerprint density at radius 3 is 2.37 bits per heavy atom. The molecule has 142 valence electrons. The summed E-state index contributed by atoms with van der Waals surface area (Å²) >= 11 is 0. The molecule has 3 rings (SSSR count). The molecular formula is C22H24FNO3. The summed E-state index contributed by atoms with van der Waals surface area (Å²) in [6, 6.07) is 15.7. The molecule has 0 spiro atoms. The quantitative estimate of drug-likeness (QED) is 0.782. The zero-order valence-corrected chi connectivity index (χ0v) is 15.4. The molecule has 1 amide bonds. The van der Waals surface area contributed by atoms with E-state index in [1.165, 1.54) is 6.07 Å². The van der Waals surface area contributed by atoms with Gasteiger partial charge in [0.1, 0.15) is 5.82 Å². The molecule has 2 aromatic rings. The highest BCUT2D eigenvalue weighted by molar-refractivity contribution is 5.87. The molecule has 0 bridgehead atoms. The van der Waals surface area contributed by atoms with Crippen molar-refractivity contribution in [2.45, 2.75) is 44.1 Å². The molecule has 1 fully saturated rings. The fourth-order valence-corrected chi connectivity index (χ4v) is 3.79. The zero-order valence-electron chi connectivity index (χ0n) is 15.4. The Bertz CT molecular complexity index is 800. The van der Waals surface area contributed by atoms with E-state index in [-0.39, 0.29) is 18.6 Å². The molecule has 1 atom stereocenters. The van der Waals surface area contributed by atoms with Gasteiger partial charge in [0.25, 0.3) is 5.91 Å². The third-order valence-electron chi connectivity index (χ3n) is 5.25. The number of ether oxygens (including phenoxy) is 1. The molecule has 2 aromatic carbocycles. The van der Waals surface area contributed by atoms with Crippen molar-refractivity contribution in [2.24, 2.45) is 0 Å². The minimum Gasteiger partial charge on any atom is -0.455 e. The first-order valence-electron chi connectivity index (χ1n) is 9.29. The number of esters is 1. The normalized spacial score (nSPS) is 16.5. The van der Waals surface area contributed by atoms with Crippen LogP contribution in [0.4, 0.5) is 4.39 Å². The molecule has 0 aliphatic heterocycles. The lowest BCUT2D eigenvalue weighted by Gasteiger charge is -2.27. The van der Waals surface area contributed by atoms with Crippen molar-refractivity contribution < 1.29 is 18.7 Å². The monoisotopic (exact) mass is 369 g/mol. The zero-order chi connectivity index (χ0) is 19.3. The van der Waals surface area contributed by atoms with E-state index in [9.17, 15) is 14.0 Å². The number of hydrogen-bond donors (Lipinski definition) is 1. The van der Waals surface area contributed by atoms with Gasteiger partial charge in [0, 0.05) is 5.56 Å². The lowest BCUT2D eigenvalue weighted by molar-refractivity contribution is -0.154. The fraction of sp³-hybridized carbons (Fsp3) is 0.364. The Kier molecular flexibility index (Phi) is 5.89. The largest absolute Gasteiger partial charge is 0.455 e. The SMILES string of the molecule is C[C@H](NC(=O)COC(=O)C1(c2ccccc2F)CCCC1)c1ccccc1. The third kappa shape index (κ3) is 4.18. The summed E-state index contributed by atoms with van der Waals surface area (Å²) in [6.45, 7) is 1.50. The van der Waals surface area contributed by atoms with Crippen LogP contribution in [0.25, 0.3) is 0 Å². The van der Waals surface area contributed by atoms with Crippen molar-refractivity contribution in [3.05, 3.63) is 71.5 Å². The van der Waals surface area contributed by atoms with Crippen LogP contribution in [0, 0.1) is 5.82 Å². The Hall–Kier alpha value is -2.69. The highest BCUT2D eigenvalue weighted by Crippen LogP contribution is 2.43. The van der Waals surface area contributed by atoms with Crippen molar-refractivity contribution in [3.63, 3.8) is 0 Å². The Morgan fingerprint density at radius 1 is 1.07 bits per heavy atom. The number of carbonyl (C=O) groups is 2. The van der Waals surface area contributed by atoms with Crippen LogP contribution in [-0.4, -0.2) is 18.5 Å². The van der Waals surface area contributed by atoms with Crippen molar-refractivity contribution in [3.8, 4) is 0 Å². The standard InChI is InChI=1S/C22H24FNO3/c1-16(17-9-3-2-4-10-17)24-20(25)15-27-21(26)22(13-7-8-14-22)18-11-5-6-12-19(18)23/h2-6,9-12,16H,7-8,13-15H2,1H3,(H,24,25)/t16-/m0/s1. The summed E-state index contributed by atoms with van der Waals surface area (Å²) in [5, 5.41) is 2.82. The number of nitrogens with one attached hydrogen (secondary N) is 1. The van der Waals surface area contributed by atoms with Gasteiger partial charge in [-0.2, -0.15) is 0 Å². The van der Waals surface area contributed by atoms with Crippen molar-refractivity contribution >= 4 is 11.9 Å². The fourth-order valence-electron chi connectivity index (χ4n) is 3.79. The number of amides is 1. The maximum Gasteiger partial charge on any atom is 0.317 e. The molecular weight excluding hydrogens is 345 g/mol. The number of hydrogen-bond acceptors (Lipinski definition) is 3. The first-order valence-corrected chi connectivity index (χ1v) is 9.29. The number of rotatable bonds is 6. The van der Waals surface area contributed by atoms with Crippen molar-refractivity contribution in [1.29, 1.82) is 0 Å². The van der Waals surface area contributed by atoms with Gasteiger partial charge in [-0.3, -0.25) is 9.59 Å². The van der Waals surface area contributed by atoms with Gasteiger partial charge >= 0.3 is 5.97 Å². The summed E-state index contributed by atoms with van der Waals surface area (Å²) in [5.41, 5.74) is 0.345. The van der Waals surface area contributed by atoms with Crippen LogP contribution in [0.1, 0.15) is 49.8 Å². The molecule has 1 N–H and O–H groups in total. The lowest BCUT2D eigenvalue weighted by atomic mass is 9.78. The second-order valence-corrected chi connectivity index (χ2v) is 7.05. The predicted octanol–water partition coefficient (Wildman–Crippen LogP) is 4.06. The van der Waals surface area contributed by atoms with Gasteiger partial charge in [0.2, 0.25) is 0 Å². The van der Waals surface area contributed by atoms with E-state index in [0.29, 0.717) is 18.4 Å². The van der Waals surface area contributed by atoms with Gasteiger partial charge in [-0.05, 0) is 31.4 Å². The van der Waals surface area contributed by atoms with Crippen LogP contribution >= 0.6 is 0 Å². The Labute approximate surface area is 158 Å². The molecule has 0 heterocycles. The van der Waals surface area contributed by atoms with Crippen molar-refractivity contribution in [2.75, 3.05) is 6.61 Å². The first-order chi connectivity index (χ1) is 13.0. The Balaban J connectivity index is 1.63. The minimum absolute atomic E-state index is 0.190. The Morgan fingerprint density at radius 2 is 1.70 bits per heavy atom. The van der Waals surface area contributed by atoms with E-state index in [1.54, 1.807) is 18.2 Å². The van der Waals surface area contributed by atoms with E-state index in [1.807, 2.05) is 37.3 Å². The van der Waals surface area contributed by atoms with Gasteiger partial charge in [-0.25, -0.2) is 4.39 Å². The summed E-state index contributed by atoms with van der Waals surface area (Å²) in [6.07, 6.45) is 2.74. The molecule has 0 radical (unpaired) electrons. The second-order valence-electron chi connectivity index (χ2n) is 7.05. The van der Waals surface area contributed by atoms with Gasteiger partial charge in [-0.15, -0.1) is 0 Å². The molecule has 0 unspecified atom stereocenters. The molecule has 1 aliphatic carbocycles. The molecule has 4 nitrogen and oxygen atoms in total. The van der Waals surface area contributed by atoms with Gasteiger partial charge in [0.15, 0.2) is 6.61 Å². The van der Waals surface area contributed by atoms with E-state index in [2.05, 4.69) is 5.32 Å². The van der Waals surface area contributed by atoms with Gasteiger partial charge in [0.05, 0.1) is 11.5 Å². The summed E-state index contributed by atoms with van der Waals surface area (Å²) in [5.74, 6) is -1.30. The second kappa shape index (κ2) is 8.33. The average molecular weight is 369 g/mol. The molecule has 1 aliphatic rings. The highest BCUT2D eigenvalue weighted by Gasteiger charge is 2.45. The smallest absolute Gasteiger partial charge is 0.317 e. The van der Waals surface area contributed by atoms with Gasteiger partial charge in [-0.1, -0.05) is 61.4 Å². The number of halogens is 1. The maximum atomic E-state index is 14.3. The maximum absolute atomic E-state index is 14.3. The van der Waals surface area contributed by atoms with Gasteiger partial charge < -0.3 is 10.1 Å². The van der Waals surface area contributed by atoms with Crippen LogP contribution in [0.2, 0.25) is 0 Å². The summed E-state index contributed by atoms with van der Waals surface area (Å²) < 4.78 is 19.6. The van der Waals surface area contributed by atoms with E-state index in [4.69, 9.17) is 4.74 Å². The highest BCUT2D eigenvalue weighted by atomic mass is 19.1. The first kappa shape index (κ1) is 19.1. The van der Waals surface area contributed by atoms with Crippen LogP contribution in [0.15, 0.2) is 54.6 Å². The van der Waals surface area contributed by atoms with Crippen LogP contribution in [0.3, 0.4) is 0 Å². The molecule has 27 heavy (non-hydrogen) atoms. The minimum atomic E-state index is -0.989. The van der Waals surface area contributed by atoms with E-state index < -0.39 is 17.2 Å². The molecule has 5 heteroatoms. The van der Waals surface area contributed by atoms with Crippen LogP contribution in [-0.2, 0) is 19.7 Å². The lowest BCUT2D eigenvalue weighted by Crippen LogP contribution is -2.38. The topological polar surface area (TPSA) is 55.4 Å². The predicted molar refractivity (Wildman–Crippen MR) is 101 cm³/mol. The van der Waals surface area contributed by atoms with E-state index >= 15 is 0 Å². The third-order valence-corrected chi connectivity index (χ3v) is 5.25. The van der Waals surface area contributed by atoms with E-state index in [0.717, 1.165) is 18.4 Å². The summed E-state index contributed by atoms with van der Waals surface area (Å²) in [7, 11) is 0. The number of benzene rings is 2. The van der Waals surface area contributed by atoms with Crippen LogP contribution < -0.4 is 5.32 Å². The van der Waals surface area contributed by atoms with Crippen LogP contribution in [0.5, 0.6) is 0 Å².